The third-order valence-electron chi connectivity index (χ3n) is 3.52. The lowest BCUT2D eigenvalue weighted by atomic mass is 10.1. The van der Waals surface area contributed by atoms with Gasteiger partial charge in [-0.15, -0.1) is 0 Å². The summed E-state index contributed by atoms with van der Waals surface area (Å²) in [6.07, 6.45) is 2.10. The lowest BCUT2D eigenvalue weighted by molar-refractivity contribution is -0.128. The van der Waals surface area contributed by atoms with Gasteiger partial charge in [0.1, 0.15) is 0 Å². The lowest BCUT2D eigenvalue weighted by Crippen LogP contribution is -2.33. The first-order valence-electron chi connectivity index (χ1n) is 6.64. The SMILES string of the molecule is Cc1cc(NCC(=O)N2CCCC2)cc(C(=O)O)c1N. The van der Waals surface area contributed by atoms with Crippen LogP contribution in [0.25, 0.3) is 0 Å². The highest BCUT2D eigenvalue weighted by atomic mass is 16.4. The standard InChI is InChI=1S/C14H19N3O3/c1-9-6-10(7-11(13(9)15)14(19)20)16-8-12(18)17-4-2-3-5-17/h6-7,16H,2-5,8,15H2,1H3,(H,19,20). The highest BCUT2D eigenvalue weighted by Crippen LogP contribution is 2.22. The fourth-order valence-corrected chi connectivity index (χ4v) is 2.33. The number of amides is 1. The maximum Gasteiger partial charge on any atom is 0.337 e. The Morgan fingerprint density at radius 1 is 1.35 bits per heavy atom. The number of carbonyl (C=O) groups is 2. The lowest BCUT2D eigenvalue weighted by Gasteiger charge is -2.16. The van der Waals surface area contributed by atoms with Crippen LogP contribution in [0.2, 0.25) is 0 Å². The van der Waals surface area contributed by atoms with Crippen LogP contribution in [0.5, 0.6) is 0 Å². The van der Waals surface area contributed by atoms with E-state index in [4.69, 9.17) is 10.8 Å². The van der Waals surface area contributed by atoms with E-state index in [1.807, 2.05) is 4.90 Å². The quantitative estimate of drug-likeness (QED) is 0.721. The zero-order chi connectivity index (χ0) is 14.7. The van der Waals surface area contributed by atoms with E-state index in [1.54, 1.807) is 13.0 Å². The average molecular weight is 277 g/mol. The van der Waals surface area contributed by atoms with Gasteiger partial charge < -0.3 is 21.1 Å². The third kappa shape index (κ3) is 3.01. The van der Waals surface area contributed by atoms with Crippen LogP contribution in [0.1, 0.15) is 28.8 Å². The van der Waals surface area contributed by atoms with Crippen molar-refractivity contribution in [1.82, 2.24) is 4.90 Å². The number of nitrogens with one attached hydrogen (secondary N) is 1. The molecular formula is C14H19N3O3. The molecule has 1 fully saturated rings. The van der Waals surface area contributed by atoms with Crippen LogP contribution in [0.3, 0.4) is 0 Å². The molecule has 0 spiro atoms. The van der Waals surface area contributed by atoms with Crippen LogP contribution < -0.4 is 11.1 Å². The second kappa shape index (κ2) is 5.81. The summed E-state index contributed by atoms with van der Waals surface area (Å²) in [6, 6.07) is 3.21. The molecule has 108 valence electrons. The van der Waals surface area contributed by atoms with Crippen molar-refractivity contribution in [2.75, 3.05) is 30.7 Å². The number of carboxylic acid groups (broad SMARTS) is 1. The van der Waals surface area contributed by atoms with Crippen LogP contribution in [0, 0.1) is 6.92 Å². The molecule has 0 aromatic heterocycles. The second-order valence-corrected chi connectivity index (χ2v) is 5.00. The molecule has 1 heterocycles. The van der Waals surface area contributed by atoms with Gasteiger partial charge in [0.25, 0.3) is 0 Å². The molecule has 4 N–H and O–H groups in total. The molecule has 0 unspecified atom stereocenters. The molecule has 6 nitrogen and oxygen atoms in total. The molecule has 0 saturated carbocycles. The minimum atomic E-state index is -1.07. The smallest absolute Gasteiger partial charge is 0.337 e. The van der Waals surface area contributed by atoms with Gasteiger partial charge in [0, 0.05) is 24.5 Å². The fourth-order valence-electron chi connectivity index (χ4n) is 2.33. The number of hydrogen-bond acceptors (Lipinski definition) is 4. The minimum Gasteiger partial charge on any atom is -0.478 e. The van der Waals surface area contributed by atoms with Crippen LogP contribution >= 0.6 is 0 Å². The zero-order valence-corrected chi connectivity index (χ0v) is 11.5. The van der Waals surface area contributed by atoms with Crippen LogP contribution in [-0.2, 0) is 4.79 Å². The first kappa shape index (κ1) is 14.2. The van der Waals surface area contributed by atoms with E-state index in [9.17, 15) is 9.59 Å². The molecule has 6 heteroatoms. The van der Waals surface area contributed by atoms with Gasteiger partial charge in [0.05, 0.1) is 12.1 Å². The predicted molar refractivity (Wildman–Crippen MR) is 76.9 cm³/mol. The van der Waals surface area contributed by atoms with Crippen LogP contribution in [0.4, 0.5) is 11.4 Å². The highest BCUT2D eigenvalue weighted by Gasteiger charge is 2.18. The number of benzene rings is 1. The number of rotatable bonds is 4. The molecule has 0 bridgehead atoms. The van der Waals surface area contributed by atoms with Gasteiger partial charge >= 0.3 is 5.97 Å². The molecule has 1 aliphatic rings. The van der Waals surface area contributed by atoms with Gasteiger partial charge in [-0.05, 0) is 37.5 Å². The van der Waals surface area contributed by atoms with E-state index in [1.165, 1.54) is 6.07 Å². The summed E-state index contributed by atoms with van der Waals surface area (Å²) in [5.74, 6) is -1.03. The number of likely N-dealkylation sites (tertiary alicyclic amines) is 1. The Morgan fingerprint density at radius 3 is 2.60 bits per heavy atom. The summed E-state index contributed by atoms with van der Waals surface area (Å²) in [4.78, 5) is 24.8. The van der Waals surface area contributed by atoms with E-state index < -0.39 is 5.97 Å². The number of aryl methyl sites for hydroxylation is 1. The average Bonchev–Trinajstić information content (AvgIpc) is 2.93. The molecule has 1 aromatic rings. The number of aromatic carboxylic acids is 1. The van der Waals surface area contributed by atoms with E-state index in [0.29, 0.717) is 11.3 Å². The van der Waals surface area contributed by atoms with Crippen molar-refractivity contribution in [2.24, 2.45) is 0 Å². The van der Waals surface area contributed by atoms with E-state index in [2.05, 4.69) is 5.32 Å². The molecular weight excluding hydrogens is 258 g/mol. The molecule has 0 atom stereocenters. The van der Waals surface area contributed by atoms with Crippen LogP contribution in [0.15, 0.2) is 12.1 Å². The third-order valence-corrected chi connectivity index (χ3v) is 3.52. The Morgan fingerprint density at radius 2 is 2.00 bits per heavy atom. The van der Waals surface area contributed by atoms with Gasteiger partial charge in [-0.1, -0.05) is 0 Å². The summed E-state index contributed by atoms with van der Waals surface area (Å²) >= 11 is 0. The van der Waals surface area contributed by atoms with Crippen molar-refractivity contribution in [1.29, 1.82) is 0 Å². The number of anilines is 2. The van der Waals surface area contributed by atoms with Crippen molar-refractivity contribution >= 4 is 23.3 Å². The number of nitrogens with two attached hydrogens (primary N) is 1. The Bertz CT molecular complexity index is 537. The molecule has 1 aromatic carbocycles. The molecule has 1 amide bonds. The van der Waals surface area contributed by atoms with Crippen molar-refractivity contribution < 1.29 is 14.7 Å². The number of nitrogens with zero attached hydrogens (tertiary/aromatic N) is 1. The monoisotopic (exact) mass is 277 g/mol. The predicted octanol–water partition coefficient (Wildman–Crippen LogP) is 1.31. The number of hydrogen-bond donors (Lipinski definition) is 3. The largest absolute Gasteiger partial charge is 0.478 e. The van der Waals surface area contributed by atoms with Gasteiger partial charge in [0.15, 0.2) is 0 Å². The Balaban J connectivity index is 2.06. The van der Waals surface area contributed by atoms with Crippen molar-refractivity contribution in [3.05, 3.63) is 23.3 Å². The number of carbonyl (C=O) groups excluding carboxylic acids is 1. The molecule has 0 aliphatic carbocycles. The Labute approximate surface area is 117 Å². The second-order valence-electron chi connectivity index (χ2n) is 5.00. The summed E-state index contributed by atoms with van der Waals surface area (Å²) in [5, 5.41) is 12.1. The van der Waals surface area contributed by atoms with E-state index >= 15 is 0 Å². The molecule has 1 saturated heterocycles. The first-order chi connectivity index (χ1) is 9.49. The highest BCUT2D eigenvalue weighted by molar-refractivity contribution is 5.96. The zero-order valence-electron chi connectivity index (χ0n) is 11.5. The van der Waals surface area contributed by atoms with Crippen molar-refractivity contribution in [2.45, 2.75) is 19.8 Å². The van der Waals surface area contributed by atoms with Crippen molar-refractivity contribution in [3.8, 4) is 0 Å². The summed E-state index contributed by atoms with van der Waals surface area (Å²) in [5.41, 5.74) is 7.32. The summed E-state index contributed by atoms with van der Waals surface area (Å²) in [7, 11) is 0. The minimum absolute atomic E-state index is 0.0360. The number of nitrogen functional groups attached to an aromatic ring is 1. The van der Waals surface area contributed by atoms with Gasteiger partial charge in [0.2, 0.25) is 5.91 Å². The maximum absolute atomic E-state index is 11.9. The Hall–Kier alpha value is -2.24. The summed E-state index contributed by atoms with van der Waals surface area (Å²) in [6.45, 7) is 3.53. The summed E-state index contributed by atoms with van der Waals surface area (Å²) < 4.78 is 0. The first-order valence-corrected chi connectivity index (χ1v) is 6.64. The van der Waals surface area contributed by atoms with Crippen molar-refractivity contribution in [3.63, 3.8) is 0 Å². The van der Waals surface area contributed by atoms with Gasteiger partial charge in [-0.25, -0.2) is 4.79 Å². The number of carboxylic acids is 1. The molecule has 20 heavy (non-hydrogen) atoms. The maximum atomic E-state index is 11.9. The fraction of sp³-hybridized carbons (Fsp3) is 0.429. The molecule has 2 rings (SSSR count). The van der Waals surface area contributed by atoms with E-state index in [0.717, 1.165) is 25.9 Å². The molecule has 0 radical (unpaired) electrons. The van der Waals surface area contributed by atoms with Gasteiger partial charge in [-0.3, -0.25) is 4.79 Å². The van der Waals surface area contributed by atoms with E-state index in [-0.39, 0.29) is 23.7 Å². The van der Waals surface area contributed by atoms with Gasteiger partial charge in [-0.2, -0.15) is 0 Å². The topological polar surface area (TPSA) is 95.7 Å². The molecule has 1 aliphatic heterocycles. The normalized spacial score (nSPS) is 14.3. The Kier molecular flexibility index (Phi) is 4.12. The van der Waals surface area contributed by atoms with Crippen LogP contribution in [-0.4, -0.2) is 41.5 Å².